The van der Waals surface area contributed by atoms with Gasteiger partial charge in [0.25, 0.3) is 5.91 Å². The molecule has 0 bridgehead atoms. The molecule has 1 fully saturated rings. The number of rotatable bonds is 7. The Morgan fingerprint density at radius 3 is 2.88 bits per heavy atom. The van der Waals surface area contributed by atoms with Crippen molar-refractivity contribution >= 4 is 5.91 Å². The van der Waals surface area contributed by atoms with E-state index in [9.17, 15) is 9.90 Å². The lowest BCUT2D eigenvalue weighted by molar-refractivity contribution is -0.0390. The van der Waals surface area contributed by atoms with Gasteiger partial charge in [0.1, 0.15) is 5.69 Å². The van der Waals surface area contributed by atoms with Crippen molar-refractivity contribution in [3.8, 4) is 0 Å². The molecule has 1 aromatic heterocycles. The van der Waals surface area contributed by atoms with Gasteiger partial charge in [0, 0.05) is 25.6 Å². The van der Waals surface area contributed by atoms with Gasteiger partial charge in [-0.2, -0.15) is 5.10 Å². The molecule has 0 unspecified atom stereocenters. The monoisotopic (exact) mass is 351 g/mol. The van der Waals surface area contributed by atoms with Gasteiger partial charge in [-0.15, -0.1) is 0 Å². The van der Waals surface area contributed by atoms with Gasteiger partial charge < -0.3 is 19.9 Å². The van der Waals surface area contributed by atoms with Crippen molar-refractivity contribution in [2.75, 3.05) is 20.3 Å². The van der Waals surface area contributed by atoms with Crippen molar-refractivity contribution in [2.24, 2.45) is 0 Å². The van der Waals surface area contributed by atoms with Crippen molar-refractivity contribution < 1.29 is 19.4 Å². The first-order chi connectivity index (χ1) is 11.9. The quantitative estimate of drug-likeness (QED) is 0.779. The minimum Gasteiger partial charge on any atom is -0.390 e. The Morgan fingerprint density at radius 1 is 1.48 bits per heavy atom. The second-order valence-electron chi connectivity index (χ2n) is 7.31. The molecule has 2 heterocycles. The van der Waals surface area contributed by atoms with E-state index in [0.717, 1.165) is 30.5 Å². The number of aromatic nitrogens is 2. The molecular formula is C18H29N3O4. The molecule has 0 spiro atoms. The second kappa shape index (κ2) is 7.43. The van der Waals surface area contributed by atoms with Crippen LogP contribution < -0.4 is 5.32 Å². The molecule has 1 saturated carbocycles. The SMILES string of the molecule is COCCn1nc2c(c1C(=O)NCCC1(O)CCC1)C[C@H](C)O[C@@H]2C. The van der Waals surface area contributed by atoms with Gasteiger partial charge in [-0.05, 0) is 39.5 Å². The van der Waals surface area contributed by atoms with Crippen LogP contribution in [0.15, 0.2) is 0 Å². The van der Waals surface area contributed by atoms with Gasteiger partial charge in [-0.1, -0.05) is 0 Å². The molecule has 1 amide bonds. The van der Waals surface area contributed by atoms with Crippen molar-refractivity contribution in [3.05, 3.63) is 17.0 Å². The normalized spacial score (nSPS) is 24.5. The average Bonchev–Trinajstić information content (AvgIpc) is 2.89. The lowest BCUT2D eigenvalue weighted by Crippen LogP contribution is -2.41. The van der Waals surface area contributed by atoms with Crippen molar-refractivity contribution in [1.29, 1.82) is 0 Å². The average molecular weight is 351 g/mol. The van der Waals surface area contributed by atoms with Crippen LogP contribution in [-0.4, -0.2) is 52.8 Å². The summed E-state index contributed by atoms with van der Waals surface area (Å²) in [7, 11) is 1.64. The molecule has 3 rings (SSSR count). The van der Waals surface area contributed by atoms with E-state index in [2.05, 4.69) is 10.4 Å². The summed E-state index contributed by atoms with van der Waals surface area (Å²) >= 11 is 0. The zero-order valence-electron chi connectivity index (χ0n) is 15.4. The fourth-order valence-corrected chi connectivity index (χ4v) is 3.72. The third-order valence-electron chi connectivity index (χ3n) is 5.28. The van der Waals surface area contributed by atoms with Crippen molar-refractivity contribution in [1.82, 2.24) is 15.1 Å². The summed E-state index contributed by atoms with van der Waals surface area (Å²) in [5.41, 5.74) is 1.84. The molecule has 2 N–H and O–H groups in total. The highest BCUT2D eigenvalue weighted by atomic mass is 16.5. The number of nitrogens with zero attached hydrogens (tertiary/aromatic N) is 2. The molecule has 7 heteroatoms. The maximum Gasteiger partial charge on any atom is 0.269 e. The predicted octanol–water partition coefficient (Wildman–Crippen LogP) is 1.59. The van der Waals surface area contributed by atoms with E-state index in [0.29, 0.717) is 38.2 Å². The van der Waals surface area contributed by atoms with Crippen LogP contribution in [-0.2, 0) is 22.4 Å². The number of carbonyl (C=O) groups excluding carboxylic acids is 1. The van der Waals surface area contributed by atoms with E-state index in [1.54, 1.807) is 11.8 Å². The smallest absolute Gasteiger partial charge is 0.269 e. The van der Waals surface area contributed by atoms with E-state index in [1.165, 1.54) is 0 Å². The molecule has 0 aromatic carbocycles. The zero-order chi connectivity index (χ0) is 18.0. The Bertz CT molecular complexity index is 624. The third kappa shape index (κ3) is 3.88. The van der Waals surface area contributed by atoms with Crippen LogP contribution in [0.2, 0.25) is 0 Å². The summed E-state index contributed by atoms with van der Waals surface area (Å²) in [6, 6.07) is 0. The summed E-state index contributed by atoms with van der Waals surface area (Å²) in [4.78, 5) is 12.8. The van der Waals surface area contributed by atoms with Gasteiger partial charge in [-0.3, -0.25) is 9.48 Å². The summed E-state index contributed by atoms with van der Waals surface area (Å²) in [5.74, 6) is -0.130. The number of hydrogen-bond acceptors (Lipinski definition) is 5. The highest BCUT2D eigenvalue weighted by molar-refractivity contribution is 5.94. The Kier molecular flexibility index (Phi) is 5.46. The molecule has 2 atom stereocenters. The molecule has 1 aromatic rings. The highest BCUT2D eigenvalue weighted by Gasteiger charge is 2.35. The largest absolute Gasteiger partial charge is 0.390 e. The molecular weight excluding hydrogens is 322 g/mol. The van der Waals surface area contributed by atoms with Gasteiger partial charge >= 0.3 is 0 Å². The number of methoxy groups -OCH3 is 1. The Hall–Kier alpha value is -1.44. The fraction of sp³-hybridized carbons (Fsp3) is 0.778. The second-order valence-corrected chi connectivity index (χ2v) is 7.31. The van der Waals surface area contributed by atoms with E-state index < -0.39 is 5.60 Å². The van der Waals surface area contributed by atoms with E-state index >= 15 is 0 Å². The van der Waals surface area contributed by atoms with E-state index in [1.807, 2.05) is 13.8 Å². The first-order valence-electron chi connectivity index (χ1n) is 9.18. The topological polar surface area (TPSA) is 85.6 Å². The molecule has 0 saturated heterocycles. The fourth-order valence-electron chi connectivity index (χ4n) is 3.72. The van der Waals surface area contributed by atoms with Crippen LogP contribution in [0.4, 0.5) is 0 Å². The first-order valence-corrected chi connectivity index (χ1v) is 9.18. The summed E-state index contributed by atoms with van der Waals surface area (Å²) in [5, 5.41) is 17.8. The summed E-state index contributed by atoms with van der Waals surface area (Å²) in [6.07, 6.45) is 3.95. The number of amides is 1. The van der Waals surface area contributed by atoms with Crippen molar-refractivity contribution in [3.63, 3.8) is 0 Å². The van der Waals surface area contributed by atoms with Gasteiger partial charge in [0.05, 0.1) is 36.7 Å². The van der Waals surface area contributed by atoms with Crippen LogP contribution in [0.1, 0.15) is 67.4 Å². The van der Waals surface area contributed by atoms with Gasteiger partial charge in [-0.25, -0.2) is 0 Å². The molecule has 140 valence electrons. The van der Waals surface area contributed by atoms with E-state index in [4.69, 9.17) is 9.47 Å². The van der Waals surface area contributed by atoms with Crippen LogP contribution in [0.5, 0.6) is 0 Å². The molecule has 25 heavy (non-hydrogen) atoms. The lowest BCUT2D eigenvalue weighted by Gasteiger charge is -2.36. The van der Waals surface area contributed by atoms with Gasteiger partial charge in [0.15, 0.2) is 0 Å². The van der Waals surface area contributed by atoms with Crippen LogP contribution in [0, 0.1) is 0 Å². The number of fused-ring (bicyclic) bond motifs is 1. The van der Waals surface area contributed by atoms with Crippen LogP contribution in [0.3, 0.4) is 0 Å². The third-order valence-corrected chi connectivity index (χ3v) is 5.28. The maximum atomic E-state index is 12.8. The minimum atomic E-state index is -0.583. The number of hydrogen-bond donors (Lipinski definition) is 2. The number of aliphatic hydroxyl groups is 1. The van der Waals surface area contributed by atoms with Crippen LogP contribution in [0.25, 0.3) is 0 Å². The predicted molar refractivity (Wildman–Crippen MR) is 92.5 cm³/mol. The maximum absolute atomic E-state index is 12.8. The molecule has 2 aliphatic rings. The van der Waals surface area contributed by atoms with Crippen molar-refractivity contribution in [2.45, 2.75) is 70.3 Å². The number of carbonyl (C=O) groups is 1. The van der Waals surface area contributed by atoms with Gasteiger partial charge in [0.2, 0.25) is 0 Å². The molecule has 7 nitrogen and oxygen atoms in total. The summed E-state index contributed by atoms with van der Waals surface area (Å²) < 4.78 is 12.7. The number of ether oxygens (including phenoxy) is 2. The number of nitrogens with one attached hydrogen (secondary N) is 1. The first kappa shape index (κ1) is 18.4. The highest BCUT2D eigenvalue weighted by Crippen LogP contribution is 2.34. The summed E-state index contributed by atoms with van der Waals surface area (Å²) in [6.45, 7) is 5.47. The lowest BCUT2D eigenvalue weighted by atomic mass is 9.78. The zero-order valence-corrected chi connectivity index (χ0v) is 15.4. The molecule has 0 radical (unpaired) electrons. The minimum absolute atomic E-state index is 0.0600. The standard InChI is InChI=1S/C18H29N3O4/c1-12-11-14-15(13(2)25-12)20-21(9-10-24-3)16(14)17(22)19-8-7-18(23)5-4-6-18/h12-13,23H,4-11H2,1-3H3,(H,19,22)/t12-,13+/m0/s1. The van der Waals surface area contributed by atoms with Crippen LogP contribution >= 0.6 is 0 Å². The Morgan fingerprint density at radius 2 is 2.24 bits per heavy atom. The Balaban J connectivity index is 1.76. The Labute approximate surface area is 148 Å². The molecule has 1 aliphatic heterocycles. The van der Waals surface area contributed by atoms with E-state index in [-0.39, 0.29) is 18.1 Å². The molecule has 1 aliphatic carbocycles.